The fraction of sp³-hybridized carbons (Fsp3) is 0.600. The van der Waals surface area contributed by atoms with Crippen LogP contribution in [0.25, 0.3) is 0 Å². The number of nitrogens with one attached hydrogen (secondary N) is 1. The fourth-order valence-corrected chi connectivity index (χ4v) is 3.64. The number of ether oxygens (including phenoxy) is 2. The van der Waals surface area contributed by atoms with Gasteiger partial charge in [-0.15, -0.1) is 11.3 Å². The summed E-state index contributed by atoms with van der Waals surface area (Å²) in [5, 5.41) is 0.344. The van der Waals surface area contributed by atoms with Crippen molar-refractivity contribution in [3.63, 3.8) is 0 Å². The van der Waals surface area contributed by atoms with Gasteiger partial charge in [0.25, 0.3) is 5.91 Å². The van der Waals surface area contributed by atoms with E-state index in [2.05, 4.69) is 0 Å². The molecule has 0 atom stereocenters. The Labute approximate surface area is 139 Å². The summed E-state index contributed by atoms with van der Waals surface area (Å²) in [5.74, 6) is -0.596. The normalized spacial score (nSPS) is 15.4. The van der Waals surface area contributed by atoms with Gasteiger partial charge in [-0.1, -0.05) is 0 Å². The quantitative estimate of drug-likeness (QED) is 0.713. The average molecular weight is 342 g/mol. The molecule has 0 aromatic carbocycles. The van der Waals surface area contributed by atoms with E-state index < -0.39 is 5.97 Å². The third-order valence-corrected chi connectivity index (χ3v) is 4.79. The molecule has 0 spiro atoms. The first-order chi connectivity index (χ1) is 11.0. The summed E-state index contributed by atoms with van der Waals surface area (Å²) in [4.78, 5) is 28.0. The topological polar surface area (TPSA) is 86.3 Å². The average Bonchev–Trinajstić information content (AvgIpc) is 2.84. The monoisotopic (exact) mass is 342 g/mol. The van der Waals surface area contributed by atoms with E-state index in [9.17, 15) is 9.59 Å². The van der Waals surface area contributed by atoms with Crippen LogP contribution >= 0.6 is 11.3 Å². The van der Waals surface area contributed by atoms with Gasteiger partial charge >= 0.3 is 5.97 Å². The predicted octanol–water partition coefficient (Wildman–Crippen LogP) is -0.376. The number of hydrogen-bond acceptors (Lipinski definition) is 6. The summed E-state index contributed by atoms with van der Waals surface area (Å²) in [6, 6.07) is 0. The van der Waals surface area contributed by atoms with E-state index in [1.54, 1.807) is 21.0 Å². The van der Waals surface area contributed by atoms with Gasteiger partial charge in [-0.05, 0) is 6.92 Å². The molecular formula is C15H24N3O4S+. The van der Waals surface area contributed by atoms with Crippen molar-refractivity contribution >= 4 is 28.2 Å². The second-order valence-corrected chi connectivity index (χ2v) is 6.66. The number of nitrogens with two attached hydrogens (primary N) is 1. The molecule has 2 rings (SSSR count). The Hall–Kier alpha value is -1.64. The Morgan fingerprint density at radius 1 is 1.35 bits per heavy atom. The van der Waals surface area contributed by atoms with Crippen molar-refractivity contribution in [3.8, 4) is 0 Å². The molecule has 0 aliphatic carbocycles. The lowest BCUT2D eigenvalue weighted by atomic mass is 10.1. The summed E-state index contributed by atoms with van der Waals surface area (Å²) in [6.45, 7) is 5.64. The molecule has 128 valence electrons. The first-order valence-electron chi connectivity index (χ1n) is 7.66. The van der Waals surface area contributed by atoms with Gasteiger partial charge in [0.1, 0.15) is 35.1 Å². The number of carbonyl (C=O) groups is 2. The van der Waals surface area contributed by atoms with Crippen LogP contribution in [-0.2, 0) is 16.0 Å². The molecule has 1 aliphatic heterocycles. The molecule has 3 N–H and O–H groups in total. The number of rotatable bonds is 5. The van der Waals surface area contributed by atoms with Crippen LogP contribution in [-0.4, -0.2) is 63.8 Å². The third kappa shape index (κ3) is 4.01. The second-order valence-electron chi connectivity index (χ2n) is 5.61. The highest BCUT2D eigenvalue weighted by molar-refractivity contribution is 7.18. The largest absolute Gasteiger partial charge is 0.462 e. The molecule has 1 saturated heterocycles. The number of hydrogen-bond donors (Lipinski definition) is 2. The molecule has 1 fully saturated rings. The van der Waals surface area contributed by atoms with Crippen molar-refractivity contribution in [3.05, 3.63) is 16.0 Å². The predicted molar refractivity (Wildman–Crippen MR) is 87.9 cm³/mol. The molecular weight excluding hydrogens is 318 g/mol. The fourth-order valence-electron chi connectivity index (χ4n) is 2.54. The highest BCUT2D eigenvalue weighted by Crippen LogP contribution is 2.32. The van der Waals surface area contributed by atoms with Crippen LogP contribution in [0.2, 0.25) is 0 Å². The van der Waals surface area contributed by atoms with Gasteiger partial charge in [-0.3, -0.25) is 4.79 Å². The minimum Gasteiger partial charge on any atom is -0.462 e. The standard InChI is InChI=1S/C15H23N3O4S/c1-4-22-15(20)11-10(9-18-5-7-21-8-6-18)12(23-13(11)16)14(19)17(2)3/h4-9,16H2,1-3H3/p+1. The van der Waals surface area contributed by atoms with Crippen molar-refractivity contribution < 1.29 is 24.0 Å². The van der Waals surface area contributed by atoms with Gasteiger partial charge in [-0.25, -0.2) is 4.79 Å². The first kappa shape index (κ1) is 17.7. The lowest BCUT2D eigenvalue weighted by Crippen LogP contribution is -3.12. The Kier molecular flexibility index (Phi) is 5.97. The van der Waals surface area contributed by atoms with Gasteiger partial charge in [0, 0.05) is 19.7 Å². The highest BCUT2D eigenvalue weighted by Gasteiger charge is 2.30. The molecule has 1 aromatic rings. The van der Waals surface area contributed by atoms with Gasteiger partial charge in [0.2, 0.25) is 0 Å². The van der Waals surface area contributed by atoms with Crippen LogP contribution in [0.3, 0.4) is 0 Å². The van der Waals surface area contributed by atoms with Crippen LogP contribution in [0.5, 0.6) is 0 Å². The molecule has 1 aliphatic rings. The van der Waals surface area contributed by atoms with Crippen LogP contribution in [0, 0.1) is 0 Å². The molecule has 0 bridgehead atoms. The minimum absolute atomic E-state index is 0.139. The maximum absolute atomic E-state index is 12.4. The van der Waals surface area contributed by atoms with Crippen molar-refractivity contribution in [1.82, 2.24) is 4.90 Å². The van der Waals surface area contributed by atoms with Crippen molar-refractivity contribution in [2.75, 3.05) is 52.7 Å². The second kappa shape index (κ2) is 7.76. The van der Waals surface area contributed by atoms with Crippen LogP contribution < -0.4 is 10.6 Å². The zero-order valence-electron chi connectivity index (χ0n) is 13.8. The van der Waals surface area contributed by atoms with E-state index in [0.717, 1.165) is 24.4 Å². The minimum atomic E-state index is -0.457. The summed E-state index contributed by atoms with van der Waals surface area (Å²) in [7, 11) is 3.38. The lowest BCUT2D eigenvalue weighted by molar-refractivity contribution is -0.921. The number of anilines is 1. The zero-order chi connectivity index (χ0) is 17.0. The van der Waals surface area contributed by atoms with E-state index in [1.165, 1.54) is 9.80 Å². The number of nitrogens with zero attached hydrogens (tertiary/aromatic N) is 1. The smallest absolute Gasteiger partial charge is 0.341 e. The first-order valence-corrected chi connectivity index (χ1v) is 8.48. The molecule has 8 heteroatoms. The summed E-state index contributed by atoms with van der Waals surface area (Å²) >= 11 is 1.16. The number of thiophene rings is 1. The Morgan fingerprint density at radius 3 is 2.57 bits per heavy atom. The van der Waals surface area contributed by atoms with Crippen molar-refractivity contribution in [2.45, 2.75) is 13.5 Å². The van der Waals surface area contributed by atoms with Crippen molar-refractivity contribution in [1.29, 1.82) is 0 Å². The molecule has 0 radical (unpaired) electrons. The number of esters is 1. The number of morpholine rings is 1. The SMILES string of the molecule is CCOC(=O)c1c(N)sc(C(=O)N(C)C)c1C[NH+]1CCOCC1. The van der Waals surface area contributed by atoms with E-state index in [-0.39, 0.29) is 12.5 Å². The molecule has 0 saturated carbocycles. The third-order valence-electron chi connectivity index (χ3n) is 3.74. The molecule has 1 amide bonds. The van der Waals surface area contributed by atoms with E-state index in [1.807, 2.05) is 0 Å². The zero-order valence-corrected chi connectivity index (χ0v) is 14.6. The summed E-state index contributed by atoms with van der Waals surface area (Å²) < 4.78 is 10.5. The highest BCUT2D eigenvalue weighted by atomic mass is 32.1. The number of carbonyl (C=O) groups excluding carboxylic acids is 2. The molecule has 7 nitrogen and oxygen atoms in total. The van der Waals surface area contributed by atoms with Gasteiger partial charge < -0.3 is 25.0 Å². The molecule has 23 heavy (non-hydrogen) atoms. The molecule has 1 aromatic heterocycles. The number of nitrogen functional groups attached to an aromatic ring is 1. The van der Waals surface area contributed by atoms with Crippen molar-refractivity contribution in [2.24, 2.45) is 0 Å². The Morgan fingerprint density at radius 2 is 2.00 bits per heavy atom. The van der Waals surface area contributed by atoms with Crippen LogP contribution in [0.4, 0.5) is 5.00 Å². The maximum atomic E-state index is 12.4. The number of quaternary nitrogens is 1. The Bertz CT molecular complexity index is 580. The lowest BCUT2D eigenvalue weighted by Gasteiger charge is -2.24. The Balaban J connectivity index is 2.39. The van der Waals surface area contributed by atoms with Crippen LogP contribution in [0.15, 0.2) is 0 Å². The van der Waals surface area contributed by atoms with E-state index >= 15 is 0 Å². The molecule has 0 unspecified atom stereocenters. The summed E-state index contributed by atoms with van der Waals surface area (Å²) in [6.07, 6.45) is 0. The maximum Gasteiger partial charge on any atom is 0.341 e. The van der Waals surface area contributed by atoms with Crippen LogP contribution in [0.1, 0.15) is 32.5 Å². The van der Waals surface area contributed by atoms with Gasteiger partial charge in [-0.2, -0.15) is 0 Å². The van der Waals surface area contributed by atoms with E-state index in [4.69, 9.17) is 15.2 Å². The molecule has 2 heterocycles. The van der Waals surface area contributed by atoms with E-state index in [0.29, 0.717) is 40.8 Å². The number of amides is 1. The van der Waals surface area contributed by atoms with Gasteiger partial charge in [0.05, 0.1) is 19.8 Å². The van der Waals surface area contributed by atoms with Gasteiger partial charge in [0.15, 0.2) is 0 Å². The summed E-state index contributed by atoms with van der Waals surface area (Å²) in [5.41, 5.74) is 7.07.